The molecular formula is C21H15ClN2O3. The van der Waals surface area contributed by atoms with Crippen LogP contribution in [0, 0.1) is 0 Å². The normalized spacial score (nSPS) is 10.7. The molecular weight excluding hydrogens is 364 g/mol. The molecule has 0 fully saturated rings. The van der Waals surface area contributed by atoms with E-state index in [0.717, 1.165) is 5.56 Å². The van der Waals surface area contributed by atoms with E-state index in [0.29, 0.717) is 27.9 Å². The van der Waals surface area contributed by atoms with Crippen molar-refractivity contribution in [3.63, 3.8) is 0 Å². The molecule has 0 spiro atoms. The number of nitrogens with zero attached hydrogens (tertiary/aromatic N) is 1. The van der Waals surface area contributed by atoms with Gasteiger partial charge in [-0.2, -0.15) is 0 Å². The van der Waals surface area contributed by atoms with Crippen LogP contribution in [0.1, 0.15) is 0 Å². The Morgan fingerprint density at radius 2 is 1.44 bits per heavy atom. The lowest BCUT2D eigenvalue weighted by atomic mass is 10.1. The summed E-state index contributed by atoms with van der Waals surface area (Å²) in [6.07, 6.45) is 0. The number of aromatic nitrogens is 2. The molecule has 4 rings (SSSR count). The van der Waals surface area contributed by atoms with Crippen LogP contribution in [0.2, 0.25) is 5.02 Å². The van der Waals surface area contributed by atoms with E-state index in [1.165, 1.54) is 4.57 Å². The zero-order valence-corrected chi connectivity index (χ0v) is 14.9. The number of aromatic hydroxyl groups is 1. The van der Waals surface area contributed by atoms with Crippen LogP contribution in [0.4, 0.5) is 0 Å². The first kappa shape index (κ1) is 17.0. The lowest BCUT2D eigenvalue weighted by Gasteiger charge is -2.10. The first-order valence-electron chi connectivity index (χ1n) is 8.25. The number of nitrogens with one attached hydrogen (secondary N) is 1. The largest absolute Gasteiger partial charge is 0.493 e. The molecule has 1 heterocycles. The molecule has 0 aliphatic rings. The molecule has 134 valence electrons. The molecule has 0 atom stereocenters. The average Bonchev–Trinajstić information content (AvgIpc) is 2.99. The molecule has 3 aromatic carbocycles. The number of aromatic amines is 1. The SMILES string of the molecule is O=c1[nH]c(O)c(-c2ccccc2)n1-c1ccc(Oc2ccc(Cl)cc2)cc1. The Kier molecular flexibility index (Phi) is 4.44. The molecule has 0 aliphatic carbocycles. The third-order valence-electron chi connectivity index (χ3n) is 4.07. The average molecular weight is 379 g/mol. The molecule has 0 saturated carbocycles. The molecule has 6 heteroatoms. The van der Waals surface area contributed by atoms with E-state index in [1.54, 1.807) is 48.5 Å². The van der Waals surface area contributed by atoms with E-state index >= 15 is 0 Å². The Bertz CT molecular complexity index is 1120. The fourth-order valence-corrected chi connectivity index (χ4v) is 2.96. The highest BCUT2D eigenvalue weighted by molar-refractivity contribution is 6.30. The van der Waals surface area contributed by atoms with Crippen molar-refractivity contribution in [2.45, 2.75) is 0 Å². The monoisotopic (exact) mass is 378 g/mol. The molecule has 1 aromatic heterocycles. The van der Waals surface area contributed by atoms with Crippen molar-refractivity contribution in [2.24, 2.45) is 0 Å². The Balaban J connectivity index is 1.69. The summed E-state index contributed by atoms with van der Waals surface area (Å²) < 4.78 is 7.20. The van der Waals surface area contributed by atoms with Gasteiger partial charge in [0.25, 0.3) is 0 Å². The van der Waals surface area contributed by atoms with Crippen LogP contribution < -0.4 is 10.4 Å². The molecule has 0 aliphatic heterocycles. The minimum absolute atomic E-state index is 0.173. The van der Waals surface area contributed by atoms with Crippen LogP contribution in [0.25, 0.3) is 16.9 Å². The van der Waals surface area contributed by atoms with E-state index in [9.17, 15) is 9.90 Å². The van der Waals surface area contributed by atoms with Gasteiger partial charge in [-0.15, -0.1) is 0 Å². The minimum atomic E-state index is -0.419. The second kappa shape index (κ2) is 7.05. The van der Waals surface area contributed by atoms with Crippen LogP contribution in [0.5, 0.6) is 17.4 Å². The molecule has 2 N–H and O–H groups in total. The molecule has 0 radical (unpaired) electrons. The van der Waals surface area contributed by atoms with Crippen LogP contribution in [0.3, 0.4) is 0 Å². The molecule has 4 aromatic rings. The number of benzene rings is 3. The molecule has 27 heavy (non-hydrogen) atoms. The summed E-state index contributed by atoms with van der Waals surface area (Å²) >= 11 is 5.87. The number of ether oxygens (including phenoxy) is 1. The Morgan fingerprint density at radius 1 is 0.852 bits per heavy atom. The van der Waals surface area contributed by atoms with E-state index in [-0.39, 0.29) is 5.88 Å². The van der Waals surface area contributed by atoms with Crippen LogP contribution in [-0.2, 0) is 0 Å². The zero-order chi connectivity index (χ0) is 18.8. The second-order valence-corrected chi connectivity index (χ2v) is 6.32. The Hall–Kier alpha value is -3.44. The Labute approximate surface area is 160 Å². The van der Waals surface area contributed by atoms with Crippen molar-refractivity contribution in [1.29, 1.82) is 0 Å². The smallest absolute Gasteiger partial charge is 0.333 e. The van der Waals surface area contributed by atoms with Crippen molar-refractivity contribution in [3.8, 4) is 34.3 Å². The fraction of sp³-hybridized carbons (Fsp3) is 0. The second-order valence-electron chi connectivity index (χ2n) is 5.88. The van der Waals surface area contributed by atoms with Gasteiger partial charge < -0.3 is 9.84 Å². The first-order chi connectivity index (χ1) is 13.1. The summed E-state index contributed by atoms with van der Waals surface area (Å²) in [4.78, 5) is 14.8. The molecule has 5 nitrogen and oxygen atoms in total. The zero-order valence-electron chi connectivity index (χ0n) is 14.1. The van der Waals surface area contributed by atoms with Gasteiger partial charge in [-0.25, -0.2) is 4.79 Å². The molecule has 0 bridgehead atoms. The van der Waals surface area contributed by atoms with Gasteiger partial charge in [-0.1, -0.05) is 41.9 Å². The highest BCUT2D eigenvalue weighted by atomic mass is 35.5. The summed E-state index contributed by atoms with van der Waals surface area (Å²) in [6, 6.07) is 23.3. The predicted molar refractivity (Wildman–Crippen MR) is 105 cm³/mol. The van der Waals surface area contributed by atoms with E-state index < -0.39 is 5.69 Å². The highest BCUT2D eigenvalue weighted by Crippen LogP contribution is 2.30. The van der Waals surface area contributed by atoms with Gasteiger partial charge in [-0.3, -0.25) is 9.55 Å². The summed E-state index contributed by atoms with van der Waals surface area (Å²) in [5.41, 5.74) is 1.33. The highest BCUT2D eigenvalue weighted by Gasteiger charge is 2.16. The van der Waals surface area contributed by atoms with E-state index in [4.69, 9.17) is 16.3 Å². The first-order valence-corrected chi connectivity index (χ1v) is 8.63. The fourth-order valence-electron chi connectivity index (χ4n) is 2.83. The van der Waals surface area contributed by atoms with E-state index in [2.05, 4.69) is 4.98 Å². The minimum Gasteiger partial charge on any atom is -0.493 e. The summed E-state index contributed by atoms with van der Waals surface area (Å²) in [5, 5.41) is 10.8. The number of hydrogen-bond donors (Lipinski definition) is 2. The number of imidazole rings is 1. The van der Waals surface area contributed by atoms with Gasteiger partial charge in [0, 0.05) is 10.6 Å². The number of H-pyrrole nitrogens is 1. The molecule has 0 saturated heterocycles. The lowest BCUT2D eigenvalue weighted by Crippen LogP contribution is -2.15. The van der Waals surface area contributed by atoms with Crippen LogP contribution in [0.15, 0.2) is 83.7 Å². The summed E-state index contributed by atoms with van der Waals surface area (Å²) in [5.74, 6) is 1.11. The van der Waals surface area contributed by atoms with Crippen molar-refractivity contribution in [1.82, 2.24) is 9.55 Å². The summed E-state index contributed by atoms with van der Waals surface area (Å²) in [7, 11) is 0. The van der Waals surface area contributed by atoms with Gasteiger partial charge in [0.05, 0.1) is 5.69 Å². The third-order valence-corrected chi connectivity index (χ3v) is 4.32. The number of halogens is 1. The van der Waals surface area contributed by atoms with Crippen molar-refractivity contribution >= 4 is 11.6 Å². The van der Waals surface area contributed by atoms with Crippen molar-refractivity contribution in [3.05, 3.63) is 94.4 Å². The van der Waals surface area contributed by atoms with Crippen molar-refractivity contribution in [2.75, 3.05) is 0 Å². The van der Waals surface area contributed by atoms with E-state index in [1.807, 2.05) is 30.3 Å². The standard InChI is InChI=1S/C21H15ClN2O3/c22-15-6-10-17(11-7-15)27-18-12-8-16(9-13-18)24-19(20(25)23-21(24)26)14-4-2-1-3-5-14/h1-13,25H,(H,23,26). The van der Waals surface area contributed by atoms with Gasteiger partial charge in [0.1, 0.15) is 17.2 Å². The quantitative estimate of drug-likeness (QED) is 0.526. The molecule has 0 unspecified atom stereocenters. The third kappa shape index (κ3) is 3.45. The summed E-state index contributed by atoms with van der Waals surface area (Å²) in [6.45, 7) is 0. The predicted octanol–water partition coefficient (Wildman–Crippen LogP) is 4.98. The van der Waals surface area contributed by atoms with Gasteiger partial charge in [0.2, 0.25) is 5.88 Å². The molecule has 0 amide bonds. The van der Waals surface area contributed by atoms with Gasteiger partial charge in [-0.05, 0) is 48.5 Å². The van der Waals surface area contributed by atoms with Crippen LogP contribution in [-0.4, -0.2) is 14.7 Å². The van der Waals surface area contributed by atoms with Gasteiger partial charge >= 0.3 is 5.69 Å². The Morgan fingerprint density at radius 3 is 2.07 bits per heavy atom. The van der Waals surface area contributed by atoms with Crippen LogP contribution >= 0.6 is 11.6 Å². The van der Waals surface area contributed by atoms with Crippen molar-refractivity contribution < 1.29 is 9.84 Å². The van der Waals surface area contributed by atoms with Gasteiger partial charge in [0.15, 0.2) is 0 Å². The topological polar surface area (TPSA) is 67.2 Å². The maximum absolute atomic E-state index is 12.3. The number of hydrogen-bond acceptors (Lipinski definition) is 3. The number of rotatable bonds is 4. The maximum atomic E-state index is 12.3. The maximum Gasteiger partial charge on any atom is 0.333 e. The lowest BCUT2D eigenvalue weighted by molar-refractivity contribution is 0.457.